The summed E-state index contributed by atoms with van der Waals surface area (Å²) in [7, 11) is 0. The zero-order chi connectivity index (χ0) is 8.39. The molecule has 0 amide bonds. The Labute approximate surface area is 69.5 Å². The van der Waals surface area contributed by atoms with Crippen LogP contribution in [0.15, 0.2) is 0 Å². The maximum atomic E-state index is 9.78. The quantitative estimate of drug-likeness (QED) is 0.393. The molecule has 2 fully saturated rings. The molecule has 12 heavy (non-hydrogen) atoms. The average molecular weight is 174 g/mol. The first-order valence-corrected chi connectivity index (χ1v) is 3.84. The summed E-state index contributed by atoms with van der Waals surface area (Å²) in [6.07, 6.45) is -0.0232. The van der Waals surface area contributed by atoms with Crippen LogP contribution in [0.3, 0.4) is 0 Å². The molecule has 0 aromatic rings. The molecule has 0 saturated carbocycles. The minimum absolute atomic E-state index is 0.0750. The van der Waals surface area contributed by atoms with Crippen molar-refractivity contribution in [2.45, 2.75) is 18.5 Å². The van der Waals surface area contributed by atoms with Crippen LogP contribution in [0.1, 0.15) is 0 Å². The second-order valence-corrected chi connectivity index (χ2v) is 2.76. The van der Waals surface area contributed by atoms with E-state index in [0.717, 1.165) is 6.61 Å². The molecule has 0 N–H and O–H groups in total. The van der Waals surface area contributed by atoms with Gasteiger partial charge in [-0.15, -0.1) is 0 Å². The van der Waals surface area contributed by atoms with Crippen molar-refractivity contribution in [1.82, 2.24) is 0 Å². The Morgan fingerprint density at radius 2 is 2.33 bits per heavy atom. The Morgan fingerprint density at radius 1 is 1.50 bits per heavy atom. The summed E-state index contributed by atoms with van der Waals surface area (Å²) in [6, 6.07) is 0. The second-order valence-electron chi connectivity index (χ2n) is 2.76. The van der Waals surface area contributed by atoms with Crippen molar-refractivity contribution in [2.75, 3.05) is 19.8 Å². The van der Waals surface area contributed by atoms with Crippen LogP contribution in [0, 0.1) is 0 Å². The van der Waals surface area contributed by atoms with E-state index in [1.54, 1.807) is 0 Å². The molecule has 68 valence electrons. The molecule has 5 heteroatoms. The highest BCUT2D eigenvalue weighted by Gasteiger charge is 2.42. The highest BCUT2D eigenvalue weighted by atomic mass is 16.8. The van der Waals surface area contributed by atoms with Gasteiger partial charge < -0.3 is 18.9 Å². The lowest BCUT2D eigenvalue weighted by atomic mass is 10.5. The molecular formula is C7H10O5. The fourth-order valence-electron chi connectivity index (χ4n) is 0.892. The van der Waals surface area contributed by atoms with Crippen molar-refractivity contribution in [2.24, 2.45) is 0 Å². The lowest BCUT2D eigenvalue weighted by Gasteiger charge is -1.95. The SMILES string of the molecule is O=COCC1OC1OCC1CO1. The summed E-state index contributed by atoms with van der Waals surface area (Å²) >= 11 is 0. The molecule has 0 aliphatic carbocycles. The molecule has 3 atom stereocenters. The monoisotopic (exact) mass is 174 g/mol. The number of epoxide rings is 2. The Bertz CT molecular complexity index is 167. The van der Waals surface area contributed by atoms with Crippen LogP contribution in [-0.4, -0.2) is 44.8 Å². The van der Waals surface area contributed by atoms with Gasteiger partial charge in [-0.05, 0) is 0 Å². The van der Waals surface area contributed by atoms with Crippen molar-refractivity contribution < 1.29 is 23.7 Å². The van der Waals surface area contributed by atoms with E-state index in [1.165, 1.54) is 0 Å². The van der Waals surface area contributed by atoms with Gasteiger partial charge in [0.1, 0.15) is 18.8 Å². The Morgan fingerprint density at radius 3 is 3.00 bits per heavy atom. The molecule has 2 aliphatic rings. The Kier molecular flexibility index (Phi) is 2.25. The highest BCUT2D eigenvalue weighted by Crippen LogP contribution is 2.24. The lowest BCUT2D eigenvalue weighted by molar-refractivity contribution is -0.129. The molecule has 3 unspecified atom stereocenters. The van der Waals surface area contributed by atoms with E-state index in [2.05, 4.69) is 4.74 Å². The summed E-state index contributed by atoms with van der Waals surface area (Å²) in [6.45, 7) is 2.03. The molecule has 2 aliphatic heterocycles. The zero-order valence-electron chi connectivity index (χ0n) is 6.47. The third-order valence-electron chi connectivity index (χ3n) is 1.71. The smallest absolute Gasteiger partial charge is 0.293 e. The molecule has 0 bridgehead atoms. The number of ether oxygens (including phenoxy) is 4. The van der Waals surface area contributed by atoms with E-state index in [1.807, 2.05) is 0 Å². The van der Waals surface area contributed by atoms with Gasteiger partial charge in [-0.3, -0.25) is 4.79 Å². The molecule has 0 aromatic carbocycles. The number of rotatable bonds is 6. The molecule has 5 nitrogen and oxygen atoms in total. The Balaban J connectivity index is 1.51. The van der Waals surface area contributed by atoms with Gasteiger partial charge in [-0.1, -0.05) is 0 Å². The third kappa shape index (κ3) is 2.17. The van der Waals surface area contributed by atoms with Crippen molar-refractivity contribution in [1.29, 1.82) is 0 Å². The average Bonchev–Trinajstić information content (AvgIpc) is 2.94. The summed E-state index contributed by atoms with van der Waals surface area (Å²) in [5, 5.41) is 0. The maximum Gasteiger partial charge on any atom is 0.293 e. The van der Waals surface area contributed by atoms with Crippen LogP contribution < -0.4 is 0 Å². The van der Waals surface area contributed by atoms with Gasteiger partial charge in [0.15, 0.2) is 6.29 Å². The van der Waals surface area contributed by atoms with Crippen molar-refractivity contribution in [3.8, 4) is 0 Å². The van der Waals surface area contributed by atoms with Gasteiger partial charge in [0, 0.05) is 0 Å². The Hall–Kier alpha value is -0.650. The van der Waals surface area contributed by atoms with E-state index >= 15 is 0 Å². The lowest BCUT2D eigenvalue weighted by Crippen LogP contribution is -2.09. The number of carbonyl (C=O) groups is 1. The molecular weight excluding hydrogens is 164 g/mol. The molecule has 0 aromatic heterocycles. The minimum atomic E-state index is -0.200. The zero-order valence-corrected chi connectivity index (χ0v) is 6.47. The van der Waals surface area contributed by atoms with E-state index in [9.17, 15) is 4.79 Å². The molecule has 0 spiro atoms. The molecule has 2 heterocycles. The van der Waals surface area contributed by atoms with Gasteiger partial charge in [0.2, 0.25) is 0 Å². The maximum absolute atomic E-state index is 9.78. The van der Waals surface area contributed by atoms with E-state index < -0.39 is 0 Å². The fraction of sp³-hybridized carbons (Fsp3) is 0.857. The van der Waals surface area contributed by atoms with Crippen LogP contribution in [0.4, 0.5) is 0 Å². The van der Waals surface area contributed by atoms with Crippen LogP contribution >= 0.6 is 0 Å². The topological polar surface area (TPSA) is 60.6 Å². The molecule has 0 radical (unpaired) electrons. The van der Waals surface area contributed by atoms with Crippen molar-refractivity contribution in [3.63, 3.8) is 0 Å². The standard InChI is InChI=1S/C7H10O5/c8-4-9-3-6-7(12-6)11-2-5-1-10-5/h4-7H,1-3H2. The van der Waals surface area contributed by atoms with Crippen LogP contribution in [0.5, 0.6) is 0 Å². The number of hydrogen-bond donors (Lipinski definition) is 0. The number of hydrogen-bond acceptors (Lipinski definition) is 5. The first-order chi connectivity index (χ1) is 5.90. The second kappa shape index (κ2) is 3.38. The fourth-order valence-corrected chi connectivity index (χ4v) is 0.892. The summed E-state index contributed by atoms with van der Waals surface area (Å²) in [5.74, 6) is 0. The van der Waals surface area contributed by atoms with Crippen molar-refractivity contribution in [3.05, 3.63) is 0 Å². The van der Waals surface area contributed by atoms with Gasteiger partial charge in [-0.2, -0.15) is 0 Å². The largest absolute Gasteiger partial charge is 0.465 e. The van der Waals surface area contributed by atoms with Gasteiger partial charge in [-0.25, -0.2) is 0 Å². The first kappa shape index (κ1) is 7.97. The van der Waals surface area contributed by atoms with Gasteiger partial charge in [0.05, 0.1) is 13.2 Å². The first-order valence-electron chi connectivity index (χ1n) is 3.84. The van der Waals surface area contributed by atoms with Crippen LogP contribution in [0.2, 0.25) is 0 Å². The van der Waals surface area contributed by atoms with E-state index in [4.69, 9.17) is 14.2 Å². The van der Waals surface area contributed by atoms with Gasteiger partial charge in [0.25, 0.3) is 6.47 Å². The number of carbonyl (C=O) groups excluding carboxylic acids is 1. The van der Waals surface area contributed by atoms with E-state index in [-0.39, 0.29) is 25.1 Å². The normalized spacial score (nSPS) is 37.5. The minimum Gasteiger partial charge on any atom is -0.465 e. The van der Waals surface area contributed by atoms with Crippen LogP contribution in [-0.2, 0) is 23.7 Å². The summed E-state index contributed by atoms with van der Waals surface area (Å²) < 4.78 is 19.7. The summed E-state index contributed by atoms with van der Waals surface area (Å²) in [5.41, 5.74) is 0. The molecule has 2 rings (SSSR count). The van der Waals surface area contributed by atoms with E-state index in [0.29, 0.717) is 13.1 Å². The predicted molar refractivity (Wildman–Crippen MR) is 36.4 cm³/mol. The van der Waals surface area contributed by atoms with Crippen molar-refractivity contribution >= 4 is 6.47 Å². The molecule has 2 saturated heterocycles. The van der Waals surface area contributed by atoms with Crippen LogP contribution in [0.25, 0.3) is 0 Å². The van der Waals surface area contributed by atoms with Gasteiger partial charge >= 0.3 is 0 Å². The predicted octanol–water partition coefficient (Wildman–Crippen LogP) is -0.700. The summed E-state index contributed by atoms with van der Waals surface area (Å²) in [4.78, 5) is 9.78. The highest BCUT2D eigenvalue weighted by molar-refractivity contribution is 5.37. The third-order valence-corrected chi connectivity index (χ3v) is 1.71.